The Balaban J connectivity index is 2.22. The van der Waals surface area contributed by atoms with Crippen molar-refractivity contribution in [1.29, 1.82) is 0 Å². The molecule has 7 heteroatoms. The Morgan fingerprint density at radius 3 is 2.78 bits per heavy atom. The Labute approximate surface area is 113 Å². The number of nitrogens with two attached hydrogens (primary N) is 1. The van der Waals surface area contributed by atoms with Crippen LogP contribution in [-0.4, -0.2) is 23.2 Å². The molecule has 1 heterocycles. The van der Waals surface area contributed by atoms with Crippen LogP contribution in [0.4, 0.5) is 5.69 Å². The second-order valence-electron chi connectivity index (χ2n) is 3.52. The van der Waals surface area contributed by atoms with E-state index in [9.17, 15) is 4.79 Å². The predicted octanol–water partition coefficient (Wildman–Crippen LogP) is 1.94. The van der Waals surface area contributed by atoms with Crippen LogP contribution in [0.2, 0.25) is 0 Å². The number of nitrogen functional groups attached to an aromatic ring is 1. The minimum Gasteiger partial charge on any atom is -0.398 e. The maximum atomic E-state index is 11.4. The van der Waals surface area contributed by atoms with Crippen LogP contribution in [0.3, 0.4) is 0 Å². The van der Waals surface area contributed by atoms with E-state index in [0.717, 1.165) is 14.2 Å². The van der Waals surface area contributed by atoms with Crippen molar-refractivity contribution in [2.45, 2.75) is 16.2 Å². The van der Waals surface area contributed by atoms with Crippen molar-refractivity contribution in [3.63, 3.8) is 0 Å². The fourth-order valence-corrected chi connectivity index (χ4v) is 3.14. The van der Waals surface area contributed by atoms with Crippen molar-refractivity contribution in [1.82, 2.24) is 15.5 Å². The van der Waals surface area contributed by atoms with Crippen LogP contribution in [-0.2, 0) is 0 Å². The third-order valence-corrected chi connectivity index (χ3v) is 4.19. The number of aromatic nitrogens is 2. The van der Waals surface area contributed by atoms with Gasteiger partial charge >= 0.3 is 0 Å². The van der Waals surface area contributed by atoms with Gasteiger partial charge in [-0.3, -0.25) is 4.79 Å². The van der Waals surface area contributed by atoms with Crippen molar-refractivity contribution >= 4 is 34.7 Å². The highest BCUT2D eigenvalue weighted by molar-refractivity contribution is 8.01. The number of nitrogens with zero attached hydrogens (tertiary/aromatic N) is 2. The third-order valence-electron chi connectivity index (χ3n) is 2.20. The Morgan fingerprint density at radius 2 is 2.22 bits per heavy atom. The van der Waals surface area contributed by atoms with Crippen LogP contribution >= 0.6 is 23.1 Å². The van der Waals surface area contributed by atoms with E-state index < -0.39 is 0 Å². The minimum atomic E-state index is -0.148. The van der Waals surface area contributed by atoms with E-state index in [4.69, 9.17) is 5.73 Å². The van der Waals surface area contributed by atoms with Crippen molar-refractivity contribution in [3.8, 4) is 0 Å². The van der Waals surface area contributed by atoms with E-state index in [1.807, 2.05) is 13.0 Å². The molecule has 1 aromatic carbocycles. The fourth-order valence-electron chi connectivity index (χ4n) is 1.34. The molecule has 0 aliphatic carbocycles. The van der Waals surface area contributed by atoms with Gasteiger partial charge in [-0.2, -0.15) is 0 Å². The third kappa shape index (κ3) is 2.80. The van der Waals surface area contributed by atoms with Crippen LogP contribution in [0.1, 0.15) is 15.4 Å². The predicted molar refractivity (Wildman–Crippen MR) is 73.0 cm³/mol. The number of hydrogen-bond acceptors (Lipinski definition) is 6. The Hall–Kier alpha value is -1.60. The number of benzene rings is 1. The summed E-state index contributed by atoms with van der Waals surface area (Å²) in [7, 11) is 1.59. The van der Waals surface area contributed by atoms with E-state index in [1.54, 1.807) is 19.2 Å². The van der Waals surface area contributed by atoms with Crippen LogP contribution < -0.4 is 11.1 Å². The van der Waals surface area contributed by atoms with E-state index in [-0.39, 0.29) is 5.91 Å². The summed E-state index contributed by atoms with van der Waals surface area (Å²) in [5.74, 6) is -0.148. The molecular weight excluding hydrogens is 268 g/mol. The Morgan fingerprint density at radius 1 is 1.44 bits per heavy atom. The van der Waals surface area contributed by atoms with Crippen molar-refractivity contribution in [3.05, 3.63) is 28.8 Å². The monoisotopic (exact) mass is 280 g/mol. The number of rotatable bonds is 3. The van der Waals surface area contributed by atoms with Crippen molar-refractivity contribution in [2.75, 3.05) is 12.8 Å². The number of carbonyl (C=O) groups is 1. The average Bonchev–Trinajstić information content (AvgIpc) is 2.76. The summed E-state index contributed by atoms with van der Waals surface area (Å²) in [6, 6.07) is 5.22. The van der Waals surface area contributed by atoms with Gasteiger partial charge in [0.25, 0.3) is 5.91 Å². The lowest BCUT2D eigenvalue weighted by Crippen LogP contribution is -2.17. The van der Waals surface area contributed by atoms with Gasteiger partial charge in [0.15, 0.2) is 4.34 Å². The summed E-state index contributed by atoms with van der Waals surface area (Å²) < 4.78 is 0.840. The molecule has 0 spiro atoms. The zero-order chi connectivity index (χ0) is 13.1. The molecule has 0 aliphatic rings. The number of anilines is 1. The molecule has 0 saturated heterocycles. The summed E-state index contributed by atoms with van der Waals surface area (Å²) in [5, 5.41) is 11.4. The number of amides is 1. The lowest BCUT2D eigenvalue weighted by atomic mass is 10.2. The maximum absolute atomic E-state index is 11.4. The topological polar surface area (TPSA) is 80.9 Å². The van der Waals surface area contributed by atoms with Gasteiger partial charge in [-0.1, -0.05) is 23.1 Å². The quantitative estimate of drug-likeness (QED) is 0.840. The highest BCUT2D eigenvalue weighted by atomic mass is 32.2. The molecule has 0 fully saturated rings. The summed E-state index contributed by atoms with van der Waals surface area (Å²) in [4.78, 5) is 12.3. The first kappa shape index (κ1) is 12.8. The number of hydrogen-bond donors (Lipinski definition) is 2. The van der Waals surface area contributed by atoms with Gasteiger partial charge < -0.3 is 11.1 Å². The second-order valence-corrected chi connectivity index (χ2v) is 5.99. The zero-order valence-corrected chi connectivity index (χ0v) is 11.6. The molecule has 0 atom stereocenters. The summed E-state index contributed by atoms with van der Waals surface area (Å²) in [6.45, 7) is 1.90. The average molecular weight is 280 g/mol. The maximum Gasteiger partial charge on any atom is 0.251 e. The van der Waals surface area contributed by atoms with Gasteiger partial charge in [-0.15, -0.1) is 10.2 Å². The van der Waals surface area contributed by atoms with Gasteiger partial charge in [0.1, 0.15) is 5.01 Å². The first-order chi connectivity index (χ1) is 8.60. The number of carbonyl (C=O) groups excluding carboxylic acids is 1. The van der Waals surface area contributed by atoms with E-state index >= 15 is 0 Å². The van der Waals surface area contributed by atoms with Gasteiger partial charge in [0, 0.05) is 23.2 Å². The highest BCUT2D eigenvalue weighted by Crippen LogP contribution is 2.34. The van der Waals surface area contributed by atoms with Crippen LogP contribution in [0.5, 0.6) is 0 Å². The molecule has 5 nitrogen and oxygen atoms in total. The standard InChI is InChI=1S/C11H12N4OS2/c1-6-14-15-11(17-6)18-9-4-3-7(5-8(9)12)10(16)13-2/h3-5H,12H2,1-2H3,(H,13,16). The van der Waals surface area contributed by atoms with E-state index in [2.05, 4.69) is 15.5 Å². The molecule has 0 unspecified atom stereocenters. The Kier molecular flexibility index (Phi) is 3.83. The summed E-state index contributed by atoms with van der Waals surface area (Å²) in [6.07, 6.45) is 0. The highest BCUT2D eigenvalue weighted by Gasteiger charge is 2.09. The zero-order valence-electron chi connectivity index (χ0n) is 9.93. The van der Waals surface area contributed by atoms with Crippen LogP contribution in [0.25, 0.3) is 0 Å². The summed E-state index contributed by atoms with van der Waals surface area (Å²) >= 11 is 2.96. The molecule has 3 N–H and O–H groups in total. The summed E-state index contributed by atoms with van der Waals surface area (Å²) in [5.41, 5.74) is 7.04. The lowest BCUT2D eigenvalue weighted by molar-refractivity contribution is 0.0963. The molecule has 0 aliphatic heterocycles. The van der Waals surface area contributed by atoms with Gasteiger partial charge in [-0.25, -0.2) is 0 Å². The lowest BCUT2D eigenvalue weighted by Gasteiger charge is -2.05. The largest absolute Gasteiger partial charge is 0.398 e. The molecule has 1 amide bonds. The van der Waals surface area contributed by atoms with Crippen LogP contribution in [0.15, 0.2) is 27.4 Å². The molecule has 94 valence electrons. The molecule has 0 radical (unpaired) electrons. The SMILES string of the molecule is CNC(=O)c1ccc(Sc2nnc(C)s2)c(N)c1. The normalized spacial score (nSPS) is 10.3. The Bertz CT molecular complexity index is 582. The fraction of sp³-hybridized carbons (Fsp3) is 0.182. The number of aryl methyl sites for hydroxylation is 1. The molecule has 2 aromatic rings. The second kappa shape index (κ2) is 5.36. The molecule has 0 bridgehead atoms. The first-order valence-electron chi connectivity index (χ1n) is 5.19. The van der Waals surface area contributed by atoms with Crippen molar-refractivity contribution < 1.29 is 4.79 Å². The minimum absolute atomic E-state index is 0.148. The molecule has 2 rings (SSSR count). The molecule has 18 heavy (non-hydrogen) atoms. The van der Waals surface area contributed by atoms with Crippen molar-refractivity contribution in [2.24, 2.45) is 0 Å². The van der Waals surface area contributed by atoms with E-state index in [0.29, 0.717) is 11.3 Å². The molecule has 1 aromatic heterocycles. The van der Waals surface area contributed by atoms with Gasteiger partial charge in [-0.05, 0) is 25.1 Å². The smallest absolute Gasteiger partial charge is 0.251 e. The first-order valence-corrected chi connectivity index (χ1v) is 6.83. The molecular formula is C11H12N4OS2. The van der Waals surface area contributed by atoms with E-state index in [1.165, 1.54) is 23.1 Å². The number of nitrogens with one attached hydrogen (secondary N) is 1. The van der Waals surface area contributed by atoms with Gasteiger partial charge in [0.2, 0.25) is 0 Å². The molecule has 0 saturated carbocycles. The van der Waals surface area contributed by atoms with Gasteiger partial charge in [0.05, 0.1) is 0 Å². The van der Waals surface area contributed by atoms with Crippen LogP contribution in [0, 0.1) is 6.92 Å².